The van der Waals surface area contributed by atoms with Gasteiger partial charge in [-0.2, -0.15) is 13.2 Å². The van der Waals surface area contributed by atoms with Gasteiger partial charge in [0.2, 0.25) is 0 Å². The Labute approximate surface area is 203 Å². The molecule has 0 heterocycles. The largest absolute Gasteiger partial charge is 0.493 e. The molecule has 0 aromatic heterocycles. The fourth-order valence-corrected chi connectivity index (χ4v) is 3.56. The van der Waals surface area contributed by atoms with Crippen molar-refractivity contribution >= 4 is 40.9 Å². The number of methoxy groups -OCH3 is 1. The second-order valence-electron chi connectivity index (χ2n) is 6.94. The quantitative estimate of drug-likeness (QED) is 0.192. The molecule has 12 heteroatoms. The number of aliphatic hydroxyl groups excluding tert-OH is 2. The summed E-state index contributed by atoms with van der Waals surface area (Å²) in [6.07, 6.45) is -3.73. The fourth-order valence-electron chi connectivity index (χ4n) is 2.69. The number of halogens is 4. The molecule has 0 aliphatic rings. The van der Waals surface area contributed by atoms with Crippen LogP contribution in [0.1, 0.15) is 11.1 Å². The second kappa shape index (κ2) is 12.1. The summed E-state index contributed by atoms with van der Waals surface area (Å²) in [5.41, 5.74) is -0.573. The first-order valence-electron chi connectivity index (χ1n) is 9.64. The van der Waals surface area contributed by atoms with E-state index in [1.807, 2.05) is 0 Å². The Bertz CT molecular complexity index is 1070. The van der Waals surface area contributed by atoms with Crippen molar-refractivity contribution in [3.05, 3.63) is 57.5 Å². The van der Waals surface area contributed by atoms with Gasteiger partial charge in [-0.3, -0.25) is 10.2 Å². The first kappa shape index (κ1) is 27.5. The number of aldehydes is 1. The topological polar surface area (TPSA) is 103 Å². The number of thioether (sulfide) groups is 1. The predicted molar refractivity (Wildman–Crippen MR) is 125 cm³/mol. The molecule has 0 aliphatic heterocycles. The number of nitrogens with one attached hydrogen (secondary N) is 1. The number of amidine groups is 1. The van der Waals surface area contributed by atoms with Crippen molar-refractivity contribution in [2.24, 2.45) is 0 Å². The zero-order valence-electron chi connectivity index (χ0n) is 18.1. The van der Waals surface area contributed by atoms with Gasteiger partial charge in [0.05, 0.1) is 30.3 Å². The van der Waals surface area contributed by atoms with Gasteiger partial charge in [-0.15, -0.1) is 0 Å². The van der Waals surface area contributed by atoms with Crippen LogP contribution >= 0.6 is 23.4 Å². The second-order valence-corrected chi connectivity index (χ2v) is 8.44. The van der Waals surface area contributed by atoms with Gasteiger partial charge in [-0.1, -0.05) is 17.7 Å². The van der Waals surface area contributed by atoms with E-state index in [0.29, 0.717) is 11.8 Å². The van der Waals surface area contributed by atoms with Crippen LogP contribution < -0.4 is 9.47 Å². The lowest BCUT2D eigenvalue weighted by molar-refractivity contribution is -0.138. The van der Waals surface area contributed by atoms with Gasteiger partial charge in [0, 0.05) is 18.6 Å². The maximum atomic E-state index is 13.4. The highest BCUT2D eigenvalue weighted by molar-refractivity contribution is 8.17. The average molecular weight is 519 g/mol. The van der Waals surface area contributed by atoms with Gasteiger partial charge in [-0.25, -0.2) is 0 Å². The number of hydrogen-bond acceptors (Lipinski definition) is 7. The van der Waals surface area contributed by atoms with Crippen LogP contribution in [-0.4, -0.2) is 60.0 Å². The molecule has 0 bridgehead atoms. The predicted octanol–water partition coefficient (Wildman–Crippen LogP) is 4.65. The van der Waals surface area contributed by atoms with Crippen molar-refractivity contribution in [1.29, 1.82) is 5.41 Å². The Morgan fingerprint density at radius 1 is 1.24 bits per heavy atom. The molecule has 2 aromatic carbocycles. The summed E-state index contributed by atoms with van der Waals surface area (Å²) in [6, 6.07) is 7.50. The summed E-state index contributed by atoms with van der Waals surface area (Å²) in [4.78, 5) is 13.0. The van der Waals surface area contributed by atoms with Crippen molar-refractivity contribution in [2.75, 3.05) is 27.3 Å². The SMILES string of the molecule is COc1cc(/C=C(/C=O)SC(=N)N(C)CC(O)CO)ccc1Oc1ccc(Cl)cc1C(F)(F)F. The Hall–Kier alpha value is -2.73. The molecule has 0 amide bonds. The molecule has 34 heavy (non-hydrogen) atoms. The third-order valence-electron chi connectivity index (χ3n) is 4.34. The first-order valence-corrected chi connectivity index (χ1v) is 10.8. The molecule has 0 saturated carbocycles. The molecule has 1 atom stereocenters. The smallest absolute Gasteiger partial charge is 0.420 e. The summed E-state index contributed by atoms with van der Waals surface area (Å²) in [5, 5.41) is 26.3. The van der Waals surface area contributed by atoms with Crippen LogP contribution in [0, 0.1) is 5.41 Å². The summed E-state index contributed by atoms with van der Waals surface area (Å²) < 4.78 is 50.8. The zero-order chi connectivity index (χ0) is 25.5. The highest BCUT2D eigenvalue weighted by Crippen LogP contribution is 2.41. The van der Waals surface area contributed by atoms with E-state index < -0.39 is 30.2 Å². The Morgan fingerprint density at radius 2 is 1.91 bits per heavy atom. The van der Waals surface area contributed by atoms with E-state index in [1.54, 1.807) is 0 Å². The van der Waals surface area contributed by atoms with E-state index in [1.165, 1.54) is 49.4 Å². The Morgan fingerprint density at radius 3 is 2.50 bits per heavy atom. The molecule has 3 N–H and O–H groups in total. The molecule has 1 unspecified atom stereocenters. The lowest BCUT2D eigenvalue weighted by Crippen LogP contribution is -2.34. The van der Waals surface area contributed by atoms with Crippen LogP contribution in [0.25, 0.3) is 6.08 Å². The normalized spacial score (nSPS) is 12.8. The minimum atomic E-state index is -4.68. The molecule has 0 saturated heterocycles. The lowest BCUT2D eigenvalue weighted by Gasteiger charge is -2.21. The van der Waals surface area contributed by atoms with E-state index in [2.05, 4.69) is 0 Å². The van der Waals surface area contributed by atoms with E-state index in [4.69, 9.17) is 31.6 Å². The van der Waals surface area contributed by atoms with Gasteiger partial charge in [0.1, 0.15) is 5.75 Å². The van der Waals surface area contributed by atoms with Gasteiger partial charge >= 0.3 is 6.18 Å². The van der Waals surface area contributed by atoms with Crippen molar-refractivity contribution in [2.45, 2.75) is 12.3 Å². The zero-order valence-corrected chi connectivity index (χ0v) is 19.7. The molecule has 184 valence electrons. The number of aliphatic hydroxyl groups is 2. The summed E-state index contributed by atoms with van der Waals surface area (Å²) in [6.45, 7) is -0.466. The minimum absolute atomic E-state index is 0.00105. The van der Waals surface area contributed by atoms with Crippen molar-refractivity contribution in [1.82, 2.24) is 4.90 Å². The van der Waals surface area contributed by atoms with Crippen LogP contribution in [0.2, 0.25) is 5.02 Å². The molecular formula is C22H22ClF3N2O5S. The van der Waals surface area contributed by atoms with Crippen LogP contribution in [0.15, 0.2) is 41.3 Å². The molecule has 0 spiro atoms. The van der Waals surface area contributed by atoms with Crippen molar-refractivity contribution < 1.29 is 37.7 Å². The van der Waals surface area contributed by atoms with Crippen LogP contribution in [0.5, 0.6) is 17.2 Å². The third kappa shape index (κ3) is 7.66. The Kier molecular flexibility index (Phi) is 9.80. The fraction of sp³-hybridized carbons (Fsp3) is 0.273. The number of hydrogen-bond donors (Lipinski definition) is 3. The molecule has 0 fully saturated rings. The molecule has 0 radical (unpaired) electrons. The third-order valence-corrected chi connectivity index (χ3v) is 5.53. The standard InChI is InChI=1S/C22H22ClF3N2O5S/c1-28(10-15(31)11-29)21(27)34-16(12-30)7-13-3-5-19(20(8-13)32-2)33-18-6-4-14(23)9-17(18)22(24,25)26/h3-9,12,15,27,29,31H,10-11H2,1-2H3/b16-7-,27-21?. The maximum Gasteiger partial charge on any atom is 0.420 e. The number of carbonyl (C=O) groups is 1. The number of likely N-dealkylation sites (N-methyl/N-ethyl adjacent to an activating group) is 1. The molecule has 2 aromatic rings. The van der Waals surface area contributed by atoms with Crippen molar-refractivity contribution in [3.8, 4) is 17.2 Å². The minimum Gasteiger partial charge on any atom is -0.493 e. The first-order chi connectivity index (χ1) is 16.0. The summed E-state index contributed by atoms with van der Waals surface area (Å²) in [7, 11) is 2.84. The molecular weight excluding hydrogens is 497 g/mol. The van der Waals surface area contributed by atoms with E-state index in [-0.39, 0.29) is 33.1 Å². The number of rotatable bonds is 9. The highest BCUT2D eigenvalue weighted by atomic mass is 35.5. The Balaban J connectivity index is 2.27. The molecule has 0 aliphatic carbocycles. The molecule has 2 rings (SSSR count). The van der Waals surface area contributed by atoms with Crippen LogP contribution in [0.4, 0.5) is 13.2 Å². The molecule has 7 nitrogen and oxygen atoms in total. The summed E-state index contributed by atoms with van der Waals surface area (Å²) >= 11 is 6.52. The van der Waals surface area contributed by atoms with Crippen molar-refractivity contribution in [3.63, 3.8) is 0 Å². The average Bonchev–Trinajstić information content (AvgIpc) is 2.79. The maximum absolute atomic E-state index is 13.4. The van der Waals surface area contributed by atoms with E-state index in [0.717, 1.165) is 23.9 Å². The van der Waals surface area contributed by atoms with Crippen LogP contribution in [-0.2, 0) is 11.0 Å². The highest BCUT2D eigenvalue weighted by Gasteiger charge is 2.35. The number of allylic oxidation sites excluding steroid dienone is 1. The van der Waals surface area contributed by atoms with Gasteiger partial charge < -0.3 is 24.6 Å². The number of nitrogens with zero attached hydrogens (tertiary/aromatic N) is 1. The van der Waals surface area contributed by atoms with Crippen LogP contribution in [0.3, 0.4) is 0 Å². The van der Waals surface area contributed by atoms with Gasteiger partial charge in [0.25, 0.3) is 0 Å². The van der Waals surface area contributed by atoms with E-state index >= 15 is 0 Å². The number of carbonyl (C=O) groups excluding carboxylic acids is 1. The number of alkyl halides is 3. The lowest BCUT2D eigenvalue weighted by atomic mass is 10.1. The number of ether oxygens (including phenoxy) is 2. The monoisotopic (exact) mass is 518 g/mol. The summed E-state index contributed by atoms with van der Waals surface area (Å²) in [5.74, 6) is -0.326. The van der Waals surface area contributed by atoms with Gasteiger partial charge in [0.15, 0.2) is 23.0 Å². The van der Waals surface area contributed by atoms with E-state index in [9.17, 15) is 23.1 Å². The van der Waals surface area contributed by atoms with Gasteiger partial charge in [-0.05, 0) is 53.7 Å². The number of benzene rings is 2.